The van der Waals surface area contributed by atoms with Crippen molar-refractivity contribution in [3.8, 4) is 0 Å². The topological polar surface area (TPSA) is 75.4 Å². The van der Waals surface area contributed by atoms with Gasteiger partial charge < -0.3 is 11.1 Å². The highest BCUT2D eigenvalue weighted by Gasteiger charge is 2.25. The Labute approximate surface area is 136 Å². The van der Waals surface area contributed by atoms with Crippen molar-refractivity contribution in [2.45, 2.75) is 25.7 Å². The SMILES string of the molecule is NC(=O)CN1CCC[C@H](C(=O)NCCCc2ccc(F)cc2)C1. The Bertz CT molecular complexity index is 533. The molecule has 3 N–H and O–H groups in total. The third kappa shape index (κ3) is 5.98. The van der Waals surface area contributed by atoms with Gasteiger partial charge in [-0.1, -0.05) is 12.1 Å². The summed E-state index contributed by atoms with van der Waals surface area (Å²) in [5, 5.41) is 2.95. The molecule has 5 nitrogen and oxygen atoms in total. The maximum atomic E-state index is 12.8. The molecule has 1 aromatic rings. The summed E-state index contributed by atoms with van der Waals surface area (Å²) in [5.74, 6) is -0.627. The molecule has 0 aliphatic carbocycles. The van der Waals surface area contributed by atoms with E-state index >= 15 is 0 Å². The summed E-state index contributed by atoms with van der Waals surface area (Å²) in [6.07, 6.45) is 3.37. The van der Waals surface area contributed by atoms with Crippen molar-refractivity contribution in [3.63, 3.8) is 0 Å². The number of primary amides is 1. The first kappa shape index (κ1) is 17.4. The molecule has 23 heavy (non-hydrogen) atoms. The smallest absolute Gasteiger partial charge is 0.231 e. The van der Waals surface area contributed by atoms with Crippen LogP contribution in [0.1, 0.15) is 24.8 Å². The largest absolute Gasteiger partial charge is 0.369 e. The quantitative estimate of drug-likeness (QED) is 0.738. The van der Waals surface area contributed by atoms with E-state index in [4.69, 9.17) is 5.73 Å². The van der Waals surface area contributed by atoms with Crippen LogP contribution >= 0.6 is 0 Å². The molecule has 126 valence electrons. The average molecular weight is 321 g/mol. The monoisotopic (exact) mass is 321 g/mol. The second kappa shape index (κ2) is 8.62. The van der Waals surface area contributed by atoms with Crippen LogP contribution in [0.4, 0.5) is 4.39 Å². The van der Waals surface area contributed by atoms with Crippen molar-refractivity contribution in [2.75, 3.05) is 26.2 Å². The van der Waals surface area contributed by atoms with Gasteiger partial charge in [0.1, 0.15) is 5.82 Å². The van der Waals surface area contributed by atoms with Crippen molar-refractivity contribution in [3.05, 3.63) is 35.6 Å². The minimum absolute atomic E-state index is 0.0401. The number of aryl methyl sites for hydroxylation is 1. The number of benzene rings is 1. The minimum atomic E-state index is -0.356. The third-order valence-corrected chi connectivity index (χ3v) is 4.11. The van der Waals surface area contributed by atoms with E-state index < -0.39 is 0 Å². The number of nitrogens with one attached hydrogen (secondary N) is 1. The minimum Gasteiger partial charge on any atom is -0.369 e. The van der Waals surface area contributed by atoms with Gasteiger partial charge >= 0.3 is 0 Å². The molecule has 0 unspecified atom stereocenters. The molecule has 1 aliphatic heterocycles. The van der Waals surface area contributed by atoms with Gasteiger partial charge in [0.25, 0.3) is 0 Å². The van der Waals surface area contributed by atoms with Crippen LogP contribution in [0, 0.1) is 11.7 Å². The van der Waals surface area contributed by atoms with Crippen molar-refractivity contribution >= 4 is 11.8 Å². The zero-order chi connectivity index (χ0) is 16.7. The normalized spacial score (nSPS) is 18.6. The highest BCUT2D eigenvalue weighted by atomic mass is 19.1. The number of carbonyl (C=O) groups is 2. The van der Waals surface area contributed by atoms with Crippen LogP contribution in [0.15, 0.2) is 24.3 Å². The second-order valence-electron chi connectivity index (χ2n) is 6.06. The van der Waals surface area contributed by atoms with Crippen LogP contribution < -0.4 is 11.1 Å². The third-order valence-electron chi connectivity index (χ3n) is 4.11. The van der Waals surface area contributed by atoms with E-state index in [0.29, 0.717) is 13.1 Å². The zero-order valence-corrected chi connectivity index (χ0v) is 13.3. The summed E-state index contributed by atoms with van der Waals surface area (Å²) in [6, 6.07) is 6.42. The molecule has 0 radical (unpaired) electrons. The Morgan fingerprint density at radius 2 is 2.04 bits per heavy atom. The maximum Gasteiger partial charge on any atom is 0.231 e. The summed E-state index contributed by atoms with van der Waals surface area (Å²) in [6.45, 7) is 2.22. The highest BCUT2D eigenvalue weighted by Crippen LogP contribution is 2.16. The second-order valence-corrected chi connectivity index (χ2v) is 6.06. The summed E-state index contributed by atoms with van der Waals surface area (Å²) in [5.41, 5.74) is 6.26. The Morgan fingerprint density at radius 1 is 1.30 bits per heavy atom. The molecule has 0 saturated carbocycles. The van der Waals surface area contributed by atoms with Gasteiger partial charge in [0.15, 0.2) is 0 Å². The van der Waals surface area contributed by atoms with E-state index in [9.17, 15) is 14.0 Å². The van der Waals surface area contributed by atoms with Gasteiger partial charge in [0.2, 0.25) is 11.8 Å². The zero-order valence-electron chi connectivity index (χ0n) is 13.3. The number of likely N-dealkylation sites (tertiary alicyclic amines) is 1. The van der Waals surface area contributed by atoms with Crippen LogP contribution in [-0.2, 0) is 16.0 Å². The first-order chi connectivity index (χ1) is 11.0. The summed E-state index contributed by atoms with van der Waals surface area (Å²) >= 11 is 0. The molecule has 0 spiro atoms. The lowest BCUT2D eigenvalue weighted by Gasteiger charge is -2.30. The van der Waals surface area contributed by atoms with Crippen LogP contribution in [0.3, 0.4) is 0 Å². The Balaban J connectivity index is 1.67. The standard InChI is InChI=1S/C17H24FN3O2/c18-15-7-5-13(6-8-15)3-1-9-20-17(23)14-4-2-10-21(11-14)12-16(19)22/h5-8,14H,1-4,9-12H2,(H2,19,22)(H,20,23)/t14-/m0/s1. The fourth-order valence-corrected chi connectivity index (χ4v) is 2.93. The molecular formula is C17H24FN3O2. The molecule has 1 heterocycles. The first-order valence-corrected chi connectivity index (χ1v) is 8.07. The molecule has 2 amide bonds. The van der Waals surface area contributed by atoms with E-state index in [2.05, 4.69) is 5.32 Å². The number of hydrogen-bond donors (Lipinski definition) is 2. The molecule has 1 fully saturated rings. The number of carbonyl (C=O) groups excluding carboxylic acids is 2. The summed E-state index contributed by atoms with van der Waals surface area (Å²) in [7, 11) is 0. The average Bonchev–Trinajstić information content (AvgIpc) is 2.52. The van der Waals surface area contributed by atoms with Gasteiger partial charge in [-0.15, -0.1) is 0 Å². The van der Waals surface area contributed by atoms with Crippen molar-refractivity contribution in [2.24, 2.45) is 11.7 Å². The molecule has 1 atom stereocenters. The predicted molar refractivity (Wildman–Crippen MR) is 86.1 cm³/mol. The summed E-state index contributed by atoms with van der Waals surface area (Å²) in [4.78, 5) is 25.1. The van der Waals surface area contributed by atoms with Crippen LogP contribution in [-0.4, -0.2) is 42.9 Å². The number of amides is 2. The number of halogens is 1. The van der Waals surface area contributed by atoms with Gasteiger partial charge in [0, 0.05) is 13.1 Å². The lowest BCUT2D eigenvalue weighted by atomic mass is 9.97. The number of rotatable bonds is 7. The molecule has 1 saturated heterocycles. The van der Waals surface area contributed by atoms with Crippen LogP contribution in [0.5, 0.6) is 0 Å². The first-order valence-electron chi connectivity index (χ1n) is 8.07. The molecule has 1 aliphatic rings. The maximum absolute atomic E-state index is 12.8. The van der Waals surface area contributed by atoms with Crippen molar-refractivity contribution in [1.29, 1.82) is 0 Å². The van der Waals surface area contributed by atoms with Gasteiger partial charge in [-0.25, -0.2) is 4.39 Å². The molecular weight excluding hydrogens is 297 g/mol. The molecule has 1 aromatic carbocycles. The van der Waals surface area contributed by atoms with Crippen molar-refractivity contribution < 1.29 is 14.0 Å². The molecule has 6 heteroatoms. The van der Waals surface area contributed by atoms with E-state index in [-0.39, 0.29) is 30.1 Å². The Morgan fingerprint density at radius 3 is 2.74 bits per heavy atom. The Kier molecular flexibility index (Phi) is 6.52. The van der Waals surface area contributed by atoms with E-state index in [1.807, 2.05) is 4.90 Å². The van der Waals surface area contributed by atoms with Crippen molar-refractivity contribution in [1.82, 2.24) is 10.2 Å². The van der Waals surface area contributed by atoms with Gasteiger partial charge in [-0.2, -0.15) is 0 Å². The predicted octanol–water partition coefficient (Wildman–Crippen LogP) is 1.07. The summed E-state index contributed by atoms with van der Waals surface area (Å²) < 4.78 is 12.8. The van der Waals surface area contributed by atoms with Crippen LogP contribution in [0.25, 0.3) is 0 Å². The molecule has 0 aromatic heterocycles. The fourth-order valence-electron chi connectivity index (χ4n) is 2.93. The lowest BCUT2D eigenvalue weighted by Crippen LogP contribution is -2.45. The number of hydrogen-bond acceptors (Lipinski definition) is 3. The lowest BCUT2D eigenvalue weighted by molar-refractivity contribution is -0.128. The number of nitrogens with two attached hydrogens (primary N) is 1. The van der Waals surface area contributed by atoms with E-state index in [1.165, 1.54) is 12.1 Å². The molecule has 2 rings (SSSR count). The molecule has 0 bridgehead atoms. The number of nitrogens with zero attached hydrogens (tertiary/aromatic N) is 1. The van der Waals surface area contributed by atoms with E-state index in [0.717, 1.165) is 37.8 Å². The van der Waals surface area contributed by atoms with Crippen LogP contribution in [0.2, 0.25) is 0 Å². The van der Waals surface area contributed by atoms with E-state index in [1.54, 1.807) is 12.1 Å². The number of piperidine rings is 1. The van der Waals surface area contributed by atoms with Gasteiger partial charge in [-0.05, 0) is 49.9 Å². The Hall–Kier alpha value is -1.95. The highest BCUT2D eigenvalue weighted by molar-refractivity contribution is 5.79. The van der Waals surface area contributed by atoms with Gasteiger partial charge in [-0.3, -0.25) is 14.5 Å². The van der Waals surface area contributed by atoms with Gasteiger partial charge in [0.05, 0.1) is 12.5 Å². The fraction of sp³-hybridized carbons (Fsp3) is 0.529.